The number of benzene rings is 2. The lowest BCUT2D eigenvalue weighted by molar-refractivity contribution is -0.115. The molecule has 0 spiro atoms. The molecule has 4 nitrogen and oxygen atoms in total. The van der Waals surface area contributed by atoms with Crippen LogP contribution >= 0.6 is 11.8 Å². The minimum absolute atomic E-state index is 0.0789. The van der Waals surface area contributed by atoms with Gasteiger partial charge >= 0.3 is 0 Å². The molecule has 6 heteroatoms. The van der Waals surface area contributed by atoms with Gasteiger partial charge in [-0.3, -0.25) is 9.59 Å². The van der Waals surface area contributed by atoms with Gasteiger partial charge in [-0.1, -0.05) is 18.2 Å². The van der Waals surface area contributed by atoms with Crippen LogP contribution in [0.1, 0.15) is 35.8 Å². The predicted octanol–water partition coefficient (Wildman–Crippen LogP) is 3.75. The number of halogens is 1. The fraction of sp³-hybridized carbons (Fsp3) is 0.222. The van der Waals surface area contributed by atoms with Gasteiger partial charge in [0.2, 0.25) is 5.91 Å². The summed E-state index contributed by atoms with van der Waals surface area (Å²) in [6, 6.07) is 11.1. The normalized spacial score (nSPS) is 17.6. The van der Waals surface area contributed by atoms with Crippen molar-refractivity contribution in [2.75, 3.05) is 5.32 Å². The molecule has 2 N–H and O–H groups in total. The van der Waals surface area contributed by atoms with E-state index in [2.05, 4.69) is 10.6 Å². The molecule has 0 radical (unpaired) electrons. The molecular weight excluding hydrogens is 327 g/mol. The van der Waals surface area contributed by atoms with Gasteiger partial charge in [0, 0.05) is 16.0 Å². The van der Waals surface area contributed by atoms with E-state index in [0.29, 0.717) is 16.8 Å². The van der Waals surface area contributed by atoms with Crippen molar-refractivity contribution in [1.82, 2.24) is 5.32 Å². The Balaban J connectivity index is 1.78. The average Bonchev–Trinajstić information content (AvgIpc) is 2.55. The zero-order valence-corrected chi connectivity index (χ0v) is 14.1. The van der Waals surface area contributed by atoms with Crippen LogP contribution in [0.3, 0.4) is 0 Å². The fourth-order valence-corrected chi connectivity index (χ4v) is 3.46. The van der Waals surface area contributed by atoms with Crippen LogP contribution in [-0.4, -0.2) is 17.1 Å². The zero-order chi connectivity index (χ0) is 17.3. The van der Waals surface area contributed by atoms with Gasteiger partial charge in [-0.15, -0.1) is 11.8 Å². The van der Waals surface area contributed by atoms with Gasteiger partial charge in [-0.2, -0.15) is 0 Å². The van der Waals surface area contributed by atoms with Gasteiger partial charge in [-0.25, -0.2) is 4.39 Å². The predicted molar refractivity (Wildman–Crippen MR) is 92.7 cm³/mol. The van der Waals surface area contributed by atoms with Gasteiger partial charge in [0.15, 0.2) is 0 Å². The largest absolute Gasteiger partial charge is 0.345 e. The summed E-state index contributed by atoms with van der Waals surface area (Å²) in [6.07, 6.45) is 0. The number of hydrogen-bond acceptors (Lipinski definition) is 3. The van der Waals surface area contributed by atoms with Crippen molar-refractivity contribution in [2.24, 2.45) is 0 Å². The summed E-state index contributed by atoms with van der Waals surface area (Å²) in [5.74, 6) is -0.746. The standard InChI is InChI=1S/C18H17FN2O2S/c1-10(13-5-3-4-6-14(13)19)20-18(23)12-7-8-16-15(9-12)21-17(22)11(2)24-16/h3-11H,1-2H3,(H,20,23)(H,21,22)/t10-,11+/m1/s1. The third-order valence-electron chi connectivity index (χ3n) is 3.89. The number of rotatable bonds is 3. The molecule has 1 heterocycles. The number of amides is 2. The Morgan fingerprint density at radius 1 is 1.29 bits per heavy atom. The van der Waals surface area contributed by atoms with Gasteiger partial charge in [0.25, 0.3) is 5.91 Å². The van der Waals surface area contributed by atoms with Gasteiger partial charge < -0.3 is 10.6 Å². The van der Waals surface area contributed by atoms with Crippen molar-refractivity contribution in [2.45, 2.75) is 30.0 Å². The Morgan fingerprint density at radius 3 is 2.79 bits per heavy atom. The number of nitrogens with one attached hydrogen (secondary N) is 2. The Bertz CT molecular complexity index is 809. The summed E-state index contributed by atoms with van der Waals surface area (Å²) < 4.78 is 13.8. The minimum atomic E-state index is -0.460. The molecule has 0 aliphatic carbocycles. The maximum atomic E-state index is 13.8. The molecule has 0 saturated heterocycles. The number of thioether (sulfide) groups is 1. The smallest absolute Gasteiger partial charge is 0.251 e. The van der Waals surface area contributed by atoms with E-state index in [1.807, 2.05) is 13.0 Å². The van der Waals surface area contributed by atoms with E-state index in [0.717, 1.165) is 4.90 Å². The number of fused-ring (bicyclic) bond motifs is 1. The van der Waals surface area contributed by atoms with E-state index >= 15 is 0 Å². The quantitative estimate of drug-likeness (QED) is 0.891. The second kappa shape index (κ2) is 6.65. The van der Waals surface area contributed by atoms with Crippen LogP contribution < -0.4 is 10.6 Å². The Morgan fingerprint density at radius 2 is 2.04 bits per heavy atom. The topological polar surface area (TPSA) is 58.2 Å². The molecule has 0 unspecified atom stereocenters. The van der Waals surface area contributed by atoms with Crippen molar-refractivity contribution in [1.29, 1.82) is 0 Å². The highest BCUT2D eigenvalue weighted by Gasteiger charge is 2.24. The third-order valence-corrected chi connectivity index (χ3v) is 5.07. The lowest BCUT2D eigenvalue weighted by Crippen LogP contribution is -2.29. The fourth-order valence-electron chi connectivity index (χ4n) is 2.53. The van der Waals surface area contributed by atoms with Crippen LogP contribution in [0.5, 0.6) is 0 Å². The Labute approximate surface area is 143 Å². The molecule has 124 valence electrons. The second-order valence-corrected chi connectivity index (χ2v) is 7.06. The molecule has 0 aromatic heterocycles. The first-order valence-corrected chi connectivity index (χ1v) is 8.50. The van der Waals surface area contributed by atoms with E-state index in [-0.39, 0.29) is 22.9 Å². The van der Waals surface area contributed by atoms with Crippen LogP contribution in [-0.2, 0) is 4.79 Å². The lowest BCUT2D eigenvalue weighted by atomic mass is 10.1. The molecule has 2 atom stereocenters. The second-order valence-electron chi connectivity index (χ2n) is 5.68. The summed E-state index contributed by atoms with van der Waals surface area (Å²) in [5.41, 5.74) is 1.49. The van der Waals surface area contributed by atoms with Gasteiger partial charge in [-0.05, 0) is 38.1 Å². The first-order valence-electron chi connectivity index (χ1n) is 7.62. The number of anilines is 1. The van der Waals surface area contributed by atoms with Crippen LogP contribution in [0.4, 0.5) is 10.1 Å². The van der Waals surface area contributed by atoms with E-state index < -0.39 is 6.04 Å². The number of carbonyl (C=O) groups excluding carboxylic acids is 2. The SMILES string of the molecule is C[C@@H]1Sc2ccc(C(=O)N[C@H](C)c3ccccc3F)cc2NC1=O. The summed E-state index contributed by atoms with van der Waals surface area (Å²) in [6.45, 7) is 3.56. The summed E-state index contributed by atoms with van der Waals surface area (Å²) in [4.78, 5) is 25.1. The molecule has 2 amide bonds. The zero-order valence-electron chi connectivity index (χ0n) is 13.3. The monoisotopic (exact) mass is 344 g/mol. The van der Waals surface area contributed by atoms with E-state index in [1.54, 1.807) is 37.3 Å². The number of carbonyl (C=O) groups is 2. The van der Waals surface area contributed by atoms with Crippen molar-refractivity contribution in [3.05, 3.63) is 59.4 Å². The van der Waals surface area contributed by atoms with Crippen molar-refractivity contribution in [3.8, 4) is 0 Å². The molecule has 2 aromatic rings. The highest BCUT2D eigenvalue weighted by atomic mass is 32.2. The molecule has 1 aliphatic rings. The Hall–Kier alpha value is -2.34. The van der Waals surface area contributed by atoms with E-state index in [4.69, 9.17) is 0 Å². The lowest BCUT2D eigenvalue weighted by Gasteiger charge is -2.22. The van der Waals surface area contributed by atoms with Crippen LogP contribution in [0.25, 0.3) is 0 Å². The Kier molecular flexibility index (Phi) is 4.57. The maximum absolute atomic E-state index is 13.8. The van der Waals surface area contributed by atoms with Gasteiger partial charge in [0.05, 0.1) is 17.0 Å². The molecule has 3 rings (SSSR count). The first kappa shape index (κ1) is 16.5. The van der Waals surface area contributed by atoms with Crippen LogP contribution in [0.2, 0.25) is 0 Å². The van der Waals surface area contributed by atoms with Crippen molar-refractivity contribution >= 4 is 29.3 Å². The highest BCUT2D eigenvalue weighted by Crippen LogP contribution is 2.36. The molecule has 1 aliphatic heterocycles. The molecule has 0 bridgehead atoms. The van der Waals surface area contributed by atoms with Crippen molar-refractivity contribution in [3.63, 3.8) is 0 Å². The molecule has 24 heavy (non-hydrogen) atoms. The van der Waals surface area contributed by atoms with Crippen molar-refractivity contribution < 1.29 is 14.0 Å². The summed E-state index contributed by atoms with van der Waals surface area (Å²) in [7, 11) is 0. The van der Waals surface area contributed by atoms with Gasteiger partial charge in [0.1, 0.15) is 5.82 Å². The van der Waals surface area contributed by atoms with Crippen LogP contribution in [0.15, 0.2) is 47.4 Å². The highest BCUT2D eigenvalue weighted by molar-refractivity contribution is 8.00. The number of hydrogen-bond donors (Lipinski definition) is 2. The minimum Gasteiger partial charge on any atom is -0.345 e. The van der Waals surface area contributed by atoms with E-state index in [9.17, 15) is 14.0 Å². The third kappa shape index (κ3) is 3.28. The molecule has 2 aromatic carbocycles. The molecule has 0 fully saturated rings. The average molecular weight is 344 g/mol. The summed E-state index contributed by atoms with van der Waals surface area (Å²) in [5, 5.41) is 5.43. The first-order chi connectivity index (χ1) is 11.5. The maximum Gasteiger partial charge on any atom is 0.251 e. The molecule has 0 saturated carbocycles. The molecular formula is C18H17FN2O2S. The van der Waals surface area contributed by atoms with Crippen LogP contribution in [0, 0.1) is 5.82 Å². The van der Waals surface area contributed by atoms with E-state index in [1.165, 1.54) is 17.8 Å². The summed E-state index contributed by atoms with van der Waals surface area (Å²) >= 11 is 1.46.